The Morgan fingerprint density at radius 3 is 2.63 bits per heavy atom. The van der Waals surface area contributed by atoms with E-state index < -0.39 is 0 Å². The van der Waals surface area contributed by atoms with Gasteiger partial charge in [0.15, 0.2) is 0 Å². The summed E-state index contributed by atoms with van der Waals surface area (Å²) in [5.74, 6) is 0.994. The van der Waals surface area contributed by atoms with Gasteiger partial charge < -0.3 is 14.9 Å². The van der Waals surface area contributed by atoms with E-state index in [1.54, 1.807) is 37.1 Å². The Hall–Kier alpha value is -2.92. The van der Waals surface area contributed by atoms with E-state index in [0.29, 0.717) is 17.7 Å². The number of fused-ring (bicyclic) bond motifs is 1. The number of aromatic hydroxyl groups is 2. The Bertz CT molecular complexity index is 1020. The molecule has 1 unspecified atom stereocenters. The van der Waals surface area contributed by atoms with Crippen molar-refractivity contribution in [1.29, 1.82) is 0 Å². The van der Waals surface area contributed by atoms with Crippen molar-refractivity contribution in [2.45, 2.75) is 16.6 Å². The summed E-state index contributed by atoms with van der Waals surface area (Å²) in [6.45, 7) is 0. The third-order valence-electron chi connectivity index (χ3n) is 4.53. The highest BCUT2D eigenvalue weighted by atomic mass is 32.2. The lowest BCUT2D eigenvalue weighted by molar-refractivity contribution is 0.407. The van der Waals surface area contributed by atoms with Crippen molar-refractivity contribution in [3.63, 3.8) is 0 Å². The Balaban J connectivity index is 1.81. The molecule has 3 aromatic rings. The van der Waals surface area contributed by atoms with Gasteiger partial charge in [0.2, 0.25) is 0 Å². The van der Waals surface area contributed by atoms with E-state index >= 15 is 0 Å². The lowest BCUT2D eigenvalue weighted by Gasteiger charge is -2.17. The van der Waals surface area contributed by atoms with Crippen molar-refractivity contribution in [3.05, 3.63) is 77.9 Å². The molecule has 0 radical (unpaired) electrons. The molecular formula is C22H19NO3S. The van der Waals surface area contributed by atoms with Crippen LogP contribution >= 0.6 is 11.8 Å². The largest absolute Gasteiger partial charge is 0.508 e. The zero-order valence-corrected chi connectivity index (χ0v) is 15.6. The number of hydrogen-bond acceptors (Lipinski definition) is 5. The molecule has 4 nitrogen and oxygen atoms in total. The molecule has 0 aliphatic carbocycles. The SMILES string of the molecule is COc1ccc(C2=Nc3ccccc3SC(c3cccc(O)c3)C2)c(O)c1. The highest BCUT2D eigenvalue weighted by Gasteiger charge is 2.24. The van der Waals surface area contributed by atoms with Crippen LogP contribution < -0.4 is 4.74 Å². The van der Waals surface area contributed by atoms with E-state index in [9.17, 15) is 10.2 Å². The van der Waals surface area contributed by atoms with Gasteiger partial charge in [-0.25, -0.2) is 0 Å². The minimum absolute atomic E-state index is 0.0704. The van der Waals surface area contributed by atoms with E-state index in [4.69, 9.17) is 9.73 Å². The molecule has 0 saturated carbocycles. The number of rotatable bonds is 3. The van der Waals surface area contributed by atoms with Crippen molar-refractivity contribution >= 4 is 23.2 Å². The van der Waals surface area contributed by atoms with Crippen LogP contribution in [0.1, 0.15) is 22.8 Å². The maximum Gasteiger partial charge on any atom is 0.128 e. The molecule has 4 rings (SSSR count). The van der Waals surface area contributed by atoms with Gasteiger partial charge in [0.25, 0.3) is 0 Å². The second kappa shape index (κ2) is 7.37. The molecule has 136 valence electrons. The number of benzene rings is 3. The molecular weight excluding hydrogens is 358 g/mol. The number of phenolic OH excluding ortho intramolecular Hbond substituents is 2. The van der Waals surface area contributed by atoms with Crippen LogP contribution in [0.3, 0.4) is 0 Å². The summed E-state index contributed by atoms with van der Waals surface area (Å²) in [4.78, 5) is 5.93. The lowest BCUT2D eigenvalue weighted by atomic mass is 10.00. The van der Waals surface area contributed by atoms with Gasteiger partial charge in [-0.3, -0.25) is 4.99 Å². The number of phenols is 2. The third-order valence-corrected chi connectivity index (χ3v) is 5.85. The number of aliphatic imine (C=N–C) groups is 1. The van der Waals surface area contributed by atoms with Crippen LogP contribution in [-0.4, -0.2) is 23.0 Å². The molecule has 1 heterocycles. The van der Waals surface area contributed by atoms with Gasteiger partial charge in [0.1, 0.15) is 17.2 Å². The fraction of sp³-hybridized carbons (Fsp3) is 0.136. The van der Waals surface area contributed by atoms with Crippen LogP contribution in [0.2, 0.25) is 0 Å². The molecule has 1 aliphatic rings. The van der Waals surface area contributed by atoms with Gasteiger partial charge in [-0.05, 0) is 42.0 Å². The zero-order valence-electron chi connectivity index (χ0n) is 14.8. The van der Waals surface area contributed by atoms with Gasteiger partial charge in [0.05, 0.1) is 18.5 Å². The molecule has 1 atom stereocenters. The Morgan fingerprint density at radius 2 is 1.85 bits per heavy atom. The number of thioether (sulfide) groups is 1. The molecule has 0 saturated heterocycles. The molecule has 0 aromatic heterocycles. The standard InChI is InChI=1S/C22H19NO3S/c1-26-16-9-10-17(20(25)12-16)19-13-22(14-5-4-6-15(24)11-14)27-21-8-3-2-7-18(21)23-19/h2-12,22,24-25H,13H2,1H3. The Morgan fingerprint density at radius 1 is 1.00 bits per heavy atom. The minimum Gasteiger partial charge on any atom is -0.508 e. The van der Waals surface area contributed by atoms with Crippen molar-refractivity contribution < 1.29 is 14.9 Å². The fourth-order valence-corrected chi connectivity index (χ4v) is 4.40. The summed E-state index contributed by atoms with van der Waals surface area (Å²) in [5, 5.41) is 20.5. The van der Waals surface area contributed by atoms with Crippen molar-refractivity contribution in [3.8, 4) is 17.2 Å². The van der Waals surface area contributed by atoms with Gasteiger partial charge in [-0.2, -0.15) is 0 Å². The summed E-state index contributed by atoms with van der Waals surface area (Å²) < 4.78 is 5.19. The average molecular weight is 377 g/mol. The summed E-state index contributed by atoms with van der Waals surface area (Å²) in [6, 6.07) is 20.6. The molecule has 0 fully saturated rings. The van der Waals surface area contributed by atoms with Crippen LogP contribution in [0.15, 0.2) is 76.6 Å². The highest BCUT2D eigenvalue weighted by Crippen LogP contribution is 2.46. The van der Waals surface area contributed by atoms with Gasteiger partial charge in [-0.1, -0.05) is 24.3 Å². The molecule has 2 N–H and O–H groups in total. The molecule has 3 aromatic carbocycles. The molecule has 5 heteroatoms. The first-order chi connectivity index (χ1) is 13.1. The molecule has 0 amide bonds. The maximum atomic E-state index is 10.5. The molecule has 27 heavy (non-hydrogen) atoms. The van der Waals surface area contributed by atoms with Gasteiger partial charge in [-0.15, -0.1) is 11.8 Å². The smallest absolute Gasteiger partial charge is 0.128 e. The topological polar surface area (TPSA) is 62.0 Å². The van der Waals surface area contributed by atoms with Crippen LogP contribution in [0, 0.1) is 0 Å². The number of hydrogen-bond donors (Lipinski definition) is 2. The van der Waals surface area contributed by atoms with Crippen molar-refractivity contribution in [2.75, 3.05) is 7.11 Å². The van der Waals surface area contributed by atoms with E-state index in [0.717, 1.165) is 21.9 Å². The van der Waals surface area contributed by atoms with E-state index in [1.807, 2.05) is 42.5 Å². The molecule has 0 bridgehead atoms. The van der Waals surface area contributed by atoms with Gasteiger partial charge in [0, 0.05) is 28.2 Å². The predicted octanol–water partition coefficient (Wildman–Crippen LogP) is 5.46. The second-order valence-electron chi connectivity index (χ2n) is 6.31. The van der Waals surface area contributed by atoms with Crippen molar-refractivity contribution in [1.82, 2.24) is 0 Å². The van der Waals surface area contributed by atoms with Crippen LogP contribution in [0.5, 0.6) is 17.2 Å². The number of para-hydroxylation sites is 1. The normalized spacial score (nSPS) is 16.2. The highest BCUT2D eigenvalue weighted by molar-refractivity contribution is 7.99. The number of nitrogens with zero attached hydrogens (tertiary/aromatic N) is 1. The summed E-state index contributed by atoms with van der Waals surface area (Å²) in [5.41, 5.74) is 3.41. The average Bonchev–Trinajstić information content (AvgIpc) is 2.87. The first-order valence-corrected chi connectivity index (χ1v) is 9.51. The summed E-state index contributed by atoms with van der Waals surface area (Å²) >= 11 is 1.72. The minimum atomic E-state index is 0.0704. The van der Waals surface area contributed by atoms with Crippen LogP contribution in [-0.2, 0) is 0 Å². The first-order valence-electron chi connectivity index (χ1n) is 8.63. The second-order valence-corrected chi connectivity index (χ2v) is 7.56. The fourth-order valence-electron chi connectivity index (χ4n) is 3.17. The summed E-state index contributed by atoms with van der Waals surface area (Å²) in [7, 11) is 1.57. The monoisotopic (exact) mass is 377 g/mol. The molecule has 0 spiro atoms. The van der Waals surface area contributed by atoms with E-state index in [2.05, 4.69) is 6.07 Å². The van der Waals surface area contributed by atoms with Gasteiger partial charge >= 0.3 is 0 Å². The maximum absolute atomic E-state index is 10.5. The third kappa shape index (κ3) is 3.64. The Labute approximate surface area is 162 Å². The van der Waals surface area contributed by atoms with Crippen LogP contribution in [0.25, 0.3) is 0 Å². The number of methoxy groups -OCH3 is 1. The van der Waals surface area contributed by atoms with Crippen molar-refractivity contribution in [2.24, 2.45) is 4.99 Å². The summed E-state index contributed by atoms with van der Waals surface area (Å²) in [6.07, 6.45) is 0.628. The number of ether oxygens (including phenoxy) is 1. The predicted molar refractivity (Wildman–Crippen MR) is 109 cm³/mol. The van der Waals surface area contributed by atoms with E-state index in [1.165, 1.54) is 0 Å². The Kier molecular flexibility index (Phi) is 4.77. The van der Waals surface area contributed by atoms with Crippen LogP contribution in [0.4, 0.5) is 5.69 Å². The molecule has 1 aliphatic heterocycles. The van der Waals surface area contributed by atoms with E-state index in [-0.39, 0.29) is 16.7 Å². The zero-order chi connectivity index (χ0) is 18.8. The lowest BCUT2D eigenvalue weighted by Crippen LogP contribution is -2.06. The first kappa shape index (κ1) is 17.5. The quantitative estimate of drug-likeness (QED) is 0.636.